The van der Waals surface area contributed by atoms with E-state index >= 15 is 0 Å². The average molecular weight is 246 g/mol. The fourth-order valence-corrected chi connectivity index (χ4v) is 1.44. The van der Waals surface area contributed by atoms with E-state index in [1.807, 2.05) is 39.0 Å². The first-order chi connectivity index (χ1) is 8.47. The van der Waals surface area contributed by atoms with Gasteiger partial charge in [0.1, 0.15) is 0 Å². The van der Waals surface area contributed by atoms with Gasteiger partial charge in [0.2, 0.25) is 0 Å². The van der Waals surface area contributed by atoms with Crippen molar-refractivity contribution in [3.63, 3.8) is 0 Å². The van der Waals surface area contributed by atoms with E-state index in [1.54, 1.807) is 0 Å². The van der Waals surface area contributed by atoms with E-state index in [0.717, 1.165) is 6.42 Å². The summed E-state index contributed by atoms with van der Waals surface area (Å²) in [6.07, 6.45) is 4.95. The Morgan fingerprint density at radius 1 is 1.22 bits per heavy atom. The summed E-state index contributed by atoms with van der Waals surface area (Å²) >= 11 is 0. The lowest BCUT2D eigenvalue weighted by atomic mass is 10.1. The smallest absolute Gasteiger partial charge is 0.315 e. The summed E-state index contributed by atoms with van der Waals surface area (Å²) in [4.78, 5) is 11.4. The van der Waals surface area contributed by atoms with Gasteiger partial charge in [0.05, 0.1) is 0 Å². The van der Waals surface area contributed by atoms with Crippen LogP contribution in [0.2, 0.25) is 0 Å². The van der Waals surface area contributed by atoms with Crippen molar-refractivity contribution in [2.24, 2.45) is 0 Å². The van der Waals surface area contributed by atoms with E-state index < -0.39 is 0 Å². The second-order valence-electron chi connectivity index (χ2n) is 5.23. The van der Waals surface area contributed by atoms with Gasteiger partial charge in [0, 0.05) is 12.1 Å². The van der Waals surface area contributed by atoms with Gasteiger partial charge in [-0.2, -0.15) is 0 Å². The molecule has 2 amide bonds. The van der Waals surface area contributed by atoms with E-state index in [9.17, 15) is 4.79 Å². The number of carbonyl (C=O) groups is 1. The maximum Gasteiger partial charge on any atom is 0.315 e. The van der Waals surface area contributed by atoms with E-state index in [1.165, 1.54) is 5.56 Å². The minimum absolute atomic E-state index is 0.115. The van der Waals surface area contributed by atoms with Gasteiger partial charge in [-0.05, 0) is 32.8 Å². The summed E-state index contributed by atoms with van der Waals surface area (Å²) in [7, 11) is 0. The van der Waals surface area contributed by atoms with Crippen molar-refractivity contribution in [2.75, 3.05) is 6.54 Å². The van der Waals surface area contributed by atoms with E-state index in [-0.39, 0.29) is 11.6 Å². The van der Waals surface area contributed by atoms with Crippen LogP contribution >= 0.6 is 0 Å². The molecule has 0 aliphatic carbocycles. The second-order valence-corrected chi connectivity index (χ2v) is 5.23. The zero-order valence-corrected chi connectivity index (χ0v) is 11.4. The number of urea groups is 1. The first-order valence-electron chi connectivity index (χ1n) is 6.25. The summed E-state index contributed by atoms with van der Waals surface area (Å²) in [6, 6.07) is 10.0. The Bertz CT molecular complexity index is 391. The number of rotatable bonds is 4. The quantitative estimate of drug-likeness (QED) is 0.787. The molecular weight excluding hydrogens is 224 g/mol. The number of hydrogen-bond donors (Lipinski definition) is 2. The molecule has 3 heteroatoms. The molecule has 0 unspecified atom stereocenters. The van der Waals surface area contributed by atoms with E-state index in [2.05, 4.69) is 34.9 Å². The fourth-order valence-electron chi connectivity index (χ4n) is 1.44. The van der Waals surface area contributed by atoms with Crippen LogP contribution in [0.3, 0.4) is 0 Å². The van der Waals surface area contributed by atoms with Gasteiger partial charge in [0.15, 0.2) is 0 Å². The Morgan fingerprint density at radius 3 is 2.50 bits per heavy atom. The van der Waals surface area contributed by atoms with Crippen LogP contribution in [0, 0.1) is 0 Å². The lowest BCUT2D eigenvalue weighted by molar-refractivity contribution is 0.232. The van der Waals surface area contributed by atoms with Crippen molar-refractivity contribution in [1.29, 1.82) is 0 Å². The van der Waals surface area contributed by atoms with E-state index in [4.69, 9.17) is 0 Å². The van der Waals surface area contributed by atoms with Crippen LogP contribution < -0.4 is 10.6 Å². The number of benzene rings is 1. The molecule has 0 atom stereocenters. The predicted molar refractivity (Wildman–Crippen MR) is 76.4 cm³/mol. The highest BCUT2D eigenvalue weighted by molar-refractivity contribution is 5.74. The Labute approximate surface area is 109 Å². The van der Waals surface area contributed by atoms with Crippen LogP contribution in [0.15, 0.2) is 36.4 Å². The first-order valence-corrected chi connectivity index (χ1v) is 6.25. The maximum atomic E-state index is 11.4. The molecule has 0 heterocycles. The summed E-state index contributed by atoms with van der Waals surface area (Å²) in [5, 5.41) is 5.68. The maximum absolute atomic E-state index is 11.4. The lowest BCUT2D eigenvalue weighted by Gasteiger charge is -2.20. The molecule has 3 nitrogen and oxygen atoms in total. The highest BCUT2D eigenvalue weighted by atomic mass is 16.2. The minimum Gasteiger partial charge on any atom is -0.338 e. The molecule has 0 aliphatic heterocycles. The Kier molecular flexibility index (Phi) is 5.43. The Morgan fingerprint density at radius 2 is 1.89 bits per heavy atom. The van der Waals surface area contributed by atoms with E-state index in [0.29, 0.717) is 6.54 Å². The summed E-state index contributed by atoms with van der Waals surface area (Å²) in [6.45, 7) is 6.52. The van der Waals surface area contributed by atoms with Gasteiger partial charge in [-0.3, -0.25) is 0 Å². The molecule has 2 N–H and O–H groups in total. The molecule has 1 rings (SSSR count). The van der Waals surface area contributed by atoms with Crippen molar-refractivity contribution >= 4 is 12.1 Å². The Balaban J connectivity index is 2.19. The van der Waals surface area contributed by atoms with Crippen LogP contribution in [-0.2, 0) is 0 Å². The fraction of sp³-hybridized carbons (Fsp3) is 0.400. The largest absolute Gasteiger partial charge is 0.338 e. The van der Waals surface area contributed by atoms with Crippen molar-refractivity contribution < 1.29 is 4.79 Å². The van der Waals surface area contributed by atoms with Crippen molar-refractivity contribution in [1.82, 2.24) is 10.6 Å². The van der Waals surface area contributed by atoms with Gasteiger partial charge in [-0.1, -0.05) is 42.5 Å². The highest BCUT2D eigenvalue weighted by Crippen LogP contribution is 2.01. The standard InChI is InChI=1S/C15H22N2O/c1-15(2,3)17-14(18)16-12-8-7-11-13-9-5-4-6-10-13/h4-7,9-11H,8,12H2,1-3H3,(H2,16,17,18)/b11-7+. The molecule has 18 heavy (non-hydrogen) atoms. The minimum atomic E-state index is -0.191. The van der Waals surface area contributed by atoms with Gasteiger partial charge in [-0.15, -0.1) is 0 Å². The zero-order chi connectivity index (χ0) is 13.4. The van der Waals surface area contributed by atoms with Crippen LogP contribution in [0.25, 0.3) is 6.08 Å². The Hall–Kier alpha value is -1.77. The number of hydrogen-bond acceptors (Lipinski definition) is 1. The molecule has 0 bridgehead atoms. The molecule has 0 aromatic heterocycles. The third-order valence-electron chi connectivity index (χ3n) is 2.19. The summed E-state index contributed by atoms with van der Waals surface area (Å²) in [5.41, 5.74) is 0.987. The first kappa shape index (κ1) is 14.3. The van der Waals surface area contributed by atoms with Crippen LogP contribution in [0.1, 0.15) is 32.8 Å². The average Bonchev–Trinajstić information content (AvgIpc) is 2.27. The van der Waals surface area contributed by atoms with Crippen molar-refractivity contribution in [3.05, 3.63) is 42.0 Å². The number of amides is 2. The lowest BCUT2D eigenvalue weighted by Crippen LogP contribution is -2.46. The van der Waals surface area contributed by atoms with Crippen LogP contribution in [0.4, 0.5) is 4.79 Å². The second kappa shape index (κ2) is 6.84. The molecule has 98 valence electrons. The molecule has 0 radical (unpaired) electrons. The van der Waals surface area contributed by atoms with Crippen LogP contribution in [-0.4, -0.2) is 18.1 Å². The molecule has 0 aliphatic rings. The zero-order valence-electron chi connectivity index (χ0n) is 11.4. The van der Waals surface area contributed by atoms with Crippen molar-refractivity contribution in [2.45, 2.75) is 32.7 Å². The van der Waals surface area contributed by atoms with Crippen molar-refractivity contribution in [3.8, 4) is 0 Å². The molecule has 0 saturated heterocycles. The molecule has 1 aromatic carbocycles. The highest BCUT2D eigenvalue weighted by Gasteiger charge is 2.12. The monoisotopic (exact) mass is 246 g/mol. The third kappa shape index (κ3) is 6.74. The molecule has 0 spiro atoms. The van der Waals surface area contributed by atoms with Gasteiger partial charge >= 0.3 is 6.03 Å². The topological polar surface area (TPSA) is 41.1 Å². The molecule has 0 fully saturated rings. The molecule has 1 aromatic rings. The normalized spacial score (nSPS) is 11.5. The number of nitrogens with one attached hydrogen (secondary N) is 2. The van der Waals surface area contributed by atoms with Gasteiger partial charge < -0.3 is 10.6 Å². The number of carbonyl (C=O) groups excluding carboxylic acids is 1. The molecular formula is C15H22N2O. The van der Waals surface area contributed by atoms with Crippen LogP contribution in [0.5, 0.6) is 0 Å². The predicted octanol–water partition coefficient (Wildman–Crippen LogP) is 3.19. The van der Waals surface area contributed by atoms with Gasteiger partial charge in [-0.25, -0.2) is 4.79 Å². The molecule has 0 saturated carbocycles. The summed E-state index contributed by atoms with van der Waals surface area (Å²) in [5.74, 6) is 0. The third-order valence-corrected chi connectivity index (χ3v) is 2.19. The SMILES string of the molecule is CC(C)(C)NC(=O)NCC/C=C/c1ccccc1. The summed E-state index contributed by atoms with van der Waals surface area (Å²) < 4.78 is 0. The van der Waals surface area contributed by atoms with Gasteiger partial charge in [0.25, 0.3) is 0 Å².